The zero-order valence-electron chi connectivity index (χ0n) is 17.8. The third-order valence-corrected chi connectivity index (χ3v) is 5.76. The van der Waals surface area contributed by atoms with Gasteiger partial charge < -0.3 is 19.3 Å². The van der Waals surface area contributed by atoms with Crippen molar-refractivity contribution in [1.29, 1.82) is 0 Å². The number of aliphatic hydroxyl groups is 1. The Morgan fingerprint density at radius 2 is 1.87 bits per heavy atom. The summed E-state index contributed by atoms with van der Waals surface area (Å²) in [5.74, 6) is 1.83. The number of rotatable bonds is 10. The highest BCUT2D eigenvalue weighted by Crippen LogP contribution is 2.28. The molecule has 0 aliphatic heterocycles. The molecule has 0 spiro atoms. The minimum absolute atomic E-state index is 0.242. The number of imidazole rings is 1. The van der Waals surface area contributed by atoms with Crippen molar-refractivity contribution in [2.24, 2.45) is 0 Å². The predicted molar refractivity (Wildman–Crippen MR) is 119 cm³/mol. The summed E-state index contributed by atoms with van der Waals surface area (Å²) < 4.78 is 18.3. The number of nitrogens with zero attached hydrogens (tertiary/aromatic N) is 2. The van der Waals surface area contributed by atoms with E-state index in [9.17, 15) is 5.11 Å². The fraction of sp³-hybridized carbons (Fsp3) is 0.348. The van der Waals surface area contributed by atoms with E-state index in [1.807, 2.05) is 24.4 Å². The third-order valence-electron chi connectivity index (χ3n) is 4.65. The smallest absolute Gasteiger partial charge is 0.172 e. The maximum absolute atomic E-state index is 10.3. The lowest BCUT2D eigenvalue weighted by Gasteiger charge is -2.14. The van der Waals surface area contributed by atoms with E-state index in [0.717, 1.165) is 16.4 Å². The molecule has 0 fully saturated rings. The molecule has 1 atom stereocenters. The van der Waals surface area contributed by atoms with E-state index in [-0.39, 0.29) is 6.61 Å². The van der Waals surface area contributed by atoms with Crippen molar-refractivity contribution in [3.05, 3.63) is 65.5 Å². The number of aliphatic hydroxyl groups excluding tert-OH is 1. The summed E-state index contributed by atoms with van der Waals surface area (Å²) >= 11 is 1.51. The van der Waals surface area contributed by atoms with Gasteiger partial charge in [-0.3, -0.25) is 4.57 Å². The summed E-state index contributed by atoms with van der Waals surface area (Å²) in [6.07, 6.45) is 3.13. The van der Waals surface area contributed by atoms with Crippen LogP contribution in [0.25, 0.3) is 5.69 Å². The Morgan fingerprint density at radius 1 is 1.07 bits per heavy atom. The first-order chi connectivity index (χ1) is 14.5. The van der Waals surface area contributed by atoms with Gasteiger partial charge in [-0.25, -0.2) is 4.98 Å². The van der Waals surface area contributed by atoms with Crippen LogP contribution in [0.5, 0.6) is 11.5 Å². The second-order valence-electron chi connectivity index (χ2n) is 7.04. The van der Waals surface area contributed by atoms with E-state index in [1.54, 1.807) is 20.4 Å². The number of aromatic nitrogens is 2. The fourth-order valence-corrected chi connectivity index (χ4v) is 4.03. The molecule has 0 amide bonds. The molecule has 3 rings (SSSR count). The lowest BCUT2D eigenvalue weighted by atomic mass is 10.1. The quantitative estimate of drug-likeness (QED) is 0.489. The van der Waals surface area contributed by atoms with E-state index in [4.69, 9.17) is 14.2 Å². The molecule has 0 radical (unpaired) electrons. The zero-order chi connectivity index (χ0) is 21.5. The van der Waals surface area contributed by atoms with Crippen LogP contribution >= 0.6 is 11.8 Å². The number of hydrogen-bond donors (Lipinski definition) is 1. The van der Waals surface area contributed by atoms with E-state index in [0.29, 0.717) is 23.9 Å². The second kappa shape index (κ2) is 10.5. The predicted octanol–water partition coefficient (Wildman–Crippen LogP) is 4.18. The average Bonchev–Trinajstić information content (AvgIpc) is 3.20. The van der Waals surface area contributed by atoms with Crippen LogP contribution in [0.2, 0.25) is 0 Å². The van der Waals surface area contributed by atoms with Gasteiger partial charge in [0, 0.05) is 18.1 Å². The first-order valence-corrected chi connectivity index (χ1v) is 10.7. The Labute approximate surface area is 181 Å². The molecule has 0 saturated carbocycles. The molecule has 1 aromatic heterocycles. The number of hydrogen-bond acceptors (Lipinski definition) is 6. The molecule has 2 aromatic carbocycles. The second-order valence-corrected chi connectivity index (χ2v) is 8.03. The molecule has 30 heavy (non-hydrogen) atoms. The van der Waals surface area contributed by atoms with Crippen LogP contribution in [-0.4, -0.2) is 47.3 Å². The molecular formula is C23H28N2O4S. The first-order valence-electron chi connectivity index (χ1n) is 9.72. The molecule has 0 bridgehead atoms. The van der Waals surface area contributed by atoms with Crippen LogP contribution < -0.4 is 9.47 Å². The van der Waals surface area contributed by atoms with E-state index < -0.39 is 6.10 Å². The maximum Gasteiger partial charge on any atom is 0.172 e. The Bertz CT molecular complexity index is 974. The molecule has 0 unspecified atom stereocenters. The Kier molecular flexibility index (Phi) is 7.79. The van der Waals surface area contributed by atoms with Gasteiger partial charge in [0.05, 0.1) is 39.2 Å². The highest BCUT2D eigenvalue weighted by Gasteiger charge is 2.12. The lowest BCUT2D eigenvalue weighted by molar-refractivity contribution is 0.0397. The van der Waals surface area contributed by atoms with Crippen molar-refractivity contribution >= 4 is 11.8 Å². The summed E-state index contributed by atoms with van der Waals surface area (Å²) in [5.41, 5.74) is 4.47. The van der Waals surface area contributed by atoms with Crippen LogP contribution in [0.15, 0.2) is 53.9 Å². The number of aryl methyl sites for hydroxylation is 2. The molecule has 3 aromatic rings. The van der Waals surface area contributed by atoms with Gasteiger partial charge in [0.1, 0.15) is 0 Å². The molecule has 0 aliphatic carbocycles. The van der Waals surface area contributed by atoms with Gasteiger partial charge in [-0.15, -0.1) is 0 Å². The Hall–Kier alpha value is -2.48. The van der Waals surface area contributed by atoms with Crippen LogP contribution in [0.4, 0.5) is 0 Å². The first kappa shape index (κ1) is 22.2. The van der Waals surface area contributed by atoms with Crippen molar-refractivity contribution in [2.75, 3.05) is 26.6 Å². The van der Waals surface area contributed by atoms with Gasteiger partial charge in [0.25, 0.3) is 0 Å². The Balaban J connectivity index is 1.51. The van der Waals surface area contributed by atoms with Gasteiger partial charge >= 0.3 is 0 Å². The van der Waals surface area contributed by atoms with Crippen molar-refractivity contribution in [2.45, 2.75) is 31.7 Å². The van der Waals surface area contributed by atoms with Crippen LogP contribution in [0.3, 0.4) is 0 Å². The molecule has 1 heterocycles. The highest BCUT2D eigenvalue weighted by molar-refractivity contribution is 7.99. The lowest BCUT2D eigenvalue weighted by Crippen LogP contribution is -2.18. The largest absolute Gasteiger partial charge is 0.493 e. The highest BCUT2D eigenvalue weighted by atomic mass is 32.2. The molecule has 6 nitrogen and oxygen atoms in total. The van der Waals surface area contributed by atoms with Crippen LogP contribution in [-0.2, 0) is 11.3 Å². The van der Waals surface area contributed by atoms with Gasteiger partial charge in [0.15, 0.2) is 16.7 Å². The standard InChI is InChI=1S/C23H28N2O4S/c1-16-5-7-20(17(2)11-16)25-10-9-24-23(25)30-15-19(26)14-29-13-18-6-8-21(27-3)22(12-18)28-4/h5-12,19,26H,13-15H2,1-4H3/t19-/m0/s1. The topological polar surface area (TPSA) is 65.7 Å². The summed E-state index contributed by atoms with van der Waals surface area (Å²) in [5, 5.41) is 11.2. The van der Waals surface area contributed by atoms with Crippen molar-refractivity contribution in [1.82, 2.24) is 9.55 Å². The number of methoxy groups -OCH3 is 2. The summed E-state index contributed by atoms with van der Waals surface area (Å²) in [7, 11) is 3.21. The zero-order valence-corrected chi connectivity index (χ0v) is 18.6. The Morgan fingerprint density at radius 3 is 2.60 bits per heavy atom. The fourth-order valence-electron chi connectivity index (χ4n) is 3.16. The monoisotopic (exact) mass is 428 g/mol. The summed E-state index contributed by atoms with van der Waals surface area (Å²) in [6, 6.07) is 12.0. The number of ether oxygens (including phenoxy) is 3. The molecule has 160 valence electrons. The van der Waals surface area contributed by atoms with Gasteiger partial charge in [-0.2, -0.15) is 0 Å². The SMILES string of the molecule is COc1ccc(COC[C@H](O)CSc2nccn2-c2ccc(C)cc2C)cc1OC. The van der Waals surface area contributed by atoms with E-state index >= 15 is 0 Å². The average molecular weight is 429 g/mol. The van der Waals surface area contributed by atoms with Gasteiger partial charge in [-0.1, -0.05) is 35.5 Å². The van der Waals surface area contributed by atoms with E-state index in [1.165, 1.54) is 22.9 Å². The molecule has 1 N–H and O–H groups in total. The van der Waals surface area contributed by atoms with E-state index in [2.05, 4.69) is 41.6 Å². The van der Waals surface area contributed by atoms with Crippen molar-refractivity contribution < 1.29 is 19.3 Å². The maximum atomic E-state index is 10.3. The molecule has 0 saturated heterocycles. The van der Waals surface area contributed by atoms with Crippen LogP contribution in [0.1, 0.15) is 16.7 Å². The minimum Gasteiger partial charge on any atom is -0.493 e. The summed E-state index contributed by atoms with van der Waals surface area (Å²) in [6.45, 7) is 4.80. The minimum atomic E-state index is -0.598. The molecular weight excluding hydrogens is 400 g/mol. The van der Waals surface area contributed by atoms with Crippen molar-refractivity contribution in [3.8, 4) is 17.2 Å². The van der Waals surface area contributed by atoms with Gasteiger partial charge in [-0.05, 0) is 43.2 Å². The summed E-state index contributed by atoms with van der Waals surface area (Å²) in [4.78, 5) is 4.44. The normalized spacial score (nSPS) is 12.0. The number of benzene rings is 2. The third kappa shape index (κ3) is 5.56. The van der Waals surface area contributed by atoms with Gasteiger partial charge in [0.2, 0.25) is 0 Å². The molecule has 7 heteroatoms. The number of thioether (sulfide) groups is 1. The van der Waals surface area contributed by atoms with Crippen LogP contribution in [0, 0.1) is 13.8 Å². The molecule has 0 aliphatic rings. The van der Waals surface area contributed by atoms with Crippen molar-refractivity contribution in [3.63, 3.8) is 0 Å².